The molecule has 0 unspecified atom stereocenters. The number of nitrogens with zero attached hydrogens (tertiary/aromatic N) is 3. The van der Waals surface area contributed by atoms with Crippen molar-refractivity contribution in [1.82, 2.24) is 15.4 Å². The molecule has 4 nitrogen and oxygen atoms in total. The Morgan fingerprint density at radius 2 is 2.30 bits per heavy atom. The maximum atomic E-state index is 5.49. The second-order valence-electron chi connectivity index (χ2n) is 1.81. The van der Waals surface area contributed by atoms with Gasteiger partial charge in [0.15, 0.2) is 10.6 Å². The van der Waals surface area contributed by atoms with Gasteiger partial charge in [0.2, 0.25) is 0 Å². The van der Waals surface area contributed by atoms with E-state index in [1.807, 2.05) is 11.4 Å². The smallest absolute Gasteiger partial charge is 0.158 e. The summed E-state index contributed by atoms with van der Waals surface area (Å²) in [5.41, 5.74) is 5.49. The zero-order valence-corrected chi connectivity index (χ0v) is 5.80. The molecule has 0 radical (unpaired) electrons. The molecule has 2 aromatic rings. The number of anilines is 1. The molecule has 0 aromatic carbocycles. The van der Waals surface area contributed by atoms with Gasteiger partial charge in [-0.3, -0.25) is 0 Å². The van der Waals surface area contributed by atoms with Crippen LogP contribution in [0.5, 0.6) is 0 Å². The largest absolute Gasteiger partial charge is 0.382 e. The summed E-state index contributed by atoms with van der Waals surface area (Å²) >= 11 is 1.51. The molecule has 0 saturated carbocycles. The lowest BCUT2D eigenvalue weighted by atomic mass is 10.4. The fraction of sp³-hybridized carbons (Fsp3) is 0. The molecule has 50 valence electrons. The summed E-state index contributed by atoms with van der Waals surface area (Å²) < 4.78 is 0. The molecule has 0 aliphatic rings. The van der Waals surface area contributed by atoms with Crippen LogP contribution in [0, 0.1) is 0 Å². The summed E-state index contributed by atoms with van der Waals surface area (Å²) in [6.07, 6.45) is 0. The van der Waals surface area contributed by atoms with Gasteiger partial charge in [-0.25, -0.2) is 0 Å². The van der Waals surface area contributed by atoms with Crippen molar-refractivity contribution in [3.63, 3.8) is 0 Å². The Balaban J connectivity index is 2.95. The molecule has 2 aromatic heterocycles. The van der Waals surface area contributed by atoms with Crippen LogP contribution < -0.4 is 5.73 Å². The molecule has 0 spiro atoms. The summed E-state index contributed by atoms with van der Waals surface area (Å²) in [6, 6.07) is 1.89. The van der Waals surface area contributed by atoms with Gasteiger partial charge >= 0.3 is 0 Å². The third-order valence-electron chi connectivity index (χ3n) is 1.21. The number of nitrogen functional groups attached to an aromatic ring is 1. The van der Waals surface area contributed by atoms with Crippen molar-refractivity contribution in [3.05, 3.63) is 11.4 Å². The normalized spacial score (nSPS) is 10.4. The predicted octanol–water partition coefficient (Wildman–Crippen LogP) is 0.668. The lowest BCUT2D eigenvalue weighted by Crippen LogP contribution is -1.94. The topological polar surface area (TPSA) is 64.7 Å². The maximum absolute atomic E-state index is 5.49. The highest BCUT2D eigenvalue weighted by atomic mass is 32.1. The number of aromatic nitrogens is 3. The van der Waals surface area contributed by atoms with E-state index in [4.69, 9.17) is 5.73 Å². The van der Waals surface area contributed by atoms with Crippen molar-refractivity contribution in [1.29, 1.82) is 0 Å². The van der Waals surface area contributed by atoms with Gasteiger partial charge < -0.3 is 5.73 Å². The summed E-state index contributed by atoms with van der Waals surface area (Å²) in [6.45, 7) is 0. The SMILES string of the molecule is Nc1nnnc2sccc12. The number of nitrogens with two attached hydrogens (primary N) is 1. The van der Waals surface area contributed by atoms with E-state index >= 15 is 0 Å². The zero-order chi connectivity index (χ0) is 6.97. The standard InChI is InChI=1S/C5H4N4S/c6-4-3-1-2-10-5(3)8-9-7-4/h1-2H,(H2,6,7,8). The van der Waals surface area contributed by atoms with E-state index < -0.39 is 0 Å². The second-order valence-corrected chi connectivity index (χ2v) is 2.71. The number of hydrogen-bond acceptors (Lipinski definition) is 5. The van der Waals surface area contributed by atoms with Gasteiger partial charge in [0.05, 0.1) is 5.39 Å². The predicted molar refractivity (Wildman–Crippen MR) is 39.6 cm³/mol. The number of hydrogen-bond donors (Lipinski definition) is 1. The van der Waals surface area contributed by atoms with E-state index in [0.29, 0.717) is 5.82 Å². The first-order valence-corrected chi connectivity index (χ1v) is 3.58. The highest BCUT2D eigenvalue weighted by Gasteiger charge is 1.99. The van der Waals surface area contributed by atoms with Crippen LogP contribution in [-0.4, -0.2) is 15.4 Å². The molecule has 10 heavy (non-hydrogen) atoms. The van der Waals surface area contributed by atoms with Crippen LogP contribution in [0.3, 0.4) is 0 Å². The molecular formula is C5H4N4S. The first-order chi connectivity index (χ1) is 4.88. The number of thiophene rings is 1. The second kappa shape index (κ2) is 1.88. The van der Waals surface area contributed by atoms with E-state index in [1.165, 1.54) is 11.3 Å². The highest BCUT2D eigenvalue weighted by molar-refractivity contribution is 7.16. The molecule has 5 heteroatoms. The molecule has 0 amide bonds. The van der Waals surface area contributed by atoms with Gasteiger partial charge in [-0.2, -0.15) is 0 Å². The van der Waals surface area contributed by atoms with E-state index in [0.717, 1.165) is 10.2 Å². The van der Waals surface area contributed by atoms with Gasteiger partial charge in [-0.15, -0.1) is 21.5 Å². The van der Waals surface area contributed by atoms with E-state index in [1.54, 1.807) is 0 Å². The van der Waals surface area contributed by atoms with Crippen molar-refractivity contribution in [2.75, 3.05) is 5.73 Å². The monoisotopic (exact) mass is 152 g/mol. The number of rotatable bonds is 0. The van der Waals surface area contributed by atoms with E-state index in [2.05, 4.69) is 15.4 Å². The Morgan fingerprint density at radius 1 is 1.40 bits per heavy atom. The Labute approximate surface area is 60.7 Å². The minimum absolute atomic E-state index is 0.450. The van der Waals surface area contributed by atoms with Crippen LogP contribution >= 0.6 is 11.3 Å². The zero-order valence-electron chi connectivity index (χ0n) is 4.98. The molecule has 0 atom stereocenters. The van der Waals surface area contributed by atoms with Gasteiger partial charge in [0.25, 0.3) is 0 Å². The summed E-state index contributed by atoms with van der Waals surface area (Å²) in [5, 5.41) is 13.7. The van der Waals surface area contributed by atoms with Crippen molar-refractivity contribution in [2.24, 2.45) is 0 Å². The Bertz CT molecular complexity index is 355. The summed E-state index contributed by atoms with van der Waals surface area (Å²) in [5.74, 6) is 0.450. The summed E-state index contributed by atoms with van der Waals surface area (Å²) in [7, 11) is 0. The van der Waals surface area contributed by atoms with Crippen LogP contribution in [0.4, 0.5) is 5.82 Å². The van der Waals surface area contributed by atoms with Gasteiger partial charge in [-0.1, -0.05) is 0 Å². The van der Waals surface area contributed by atoms with Crippen LogP contribution in [-0.2, 0) is 0 Å². The van der Waals surface area contributed by atoms with Crippen molar-refractivity contribution >= 4 is 27.4 Å². The van der Waals surface area contributed by atoms with E-state index in [-0.39, 0.29) is 0 Å². The average Bonchev–Trinajstić information content (AvgIpc) is 2.36. The van der Waals surface area contributed by atoms with Crippen molar-refractivity contribution in [2.45, 2.75) is 0 Å². The third-order valence-corrected chi connectivity index (χ3v) is 2.01. The fourth-order valence-electron chi connectivity index (χ4n) is 0.739. The van der Waals surface area contributed by atoms with Crippen LogP contribution in [0.1, 0.15) is 0 Å². The van der Waals surface area contributed by atoms with Gasteiger partial charge in [0, 0.05) is 0 Å². The lowest BCUT2D eigenvalue weighted by Gasteiger charge is -1.88. The van der Waals surface area contributed by atoms with Crippen LogP contribution in [0.2, 0.25) is 0 Å². The van der Waals surface area contributed by atoms with Crippen LogP contribution in [0.15, 0.2) is 11.4 Å². The molecule has 0 saturated heterocycles. The van der Waals surface area contributed by atoms with Gasteiger partial charge in [-0.05, 0) is 16.7 Å². The molecule has 0 fully saturated rings. The first-order valence-electron chi connectivity index (χ1n) is 2.70. The van der Waals surface area contributed by atoms with Gasteiger partial charge in [0.1, 0.15) is 0 Å². The lowest BCUT2D eigenvalue weighted by molar-refractivity contribution is 0.908. The molecular weight excluding hydrogens is 148 g/mol. The molecule has 0 aliphatic heterocycles. The maximum Gasteiger partial charge on any atom is 0.158 e. The van der Waals surface area contributed by atoms with Crippen molar-refractivity contribution in [3.8, 4) is 0 Å². The Morgan fingerprint density at radius 3 is 3.10 bits per heavy atom. The molecule has 0 bridgehead atoms. The quantitative estimate of drug-likeness (QED) is 0.602. The molecule has 2 rings (SSSR count). The molecule has 2 heterocycles. The first kappa shape index (κ1) is 5.55. The Kier molecular flexibility index (Phi) is 1.04. The highest BCUT2D eigenvalue weighted by Crippen LogP contribution is 2.19. The fourth-order valence-corrected chi connectivity index (χ4v) is 1.45. The molecule has 0 aliphatic carbocycles. The minimum Gasteiger partial charge on any atom is -0.382 e. The van der Waals surface area contributed by atoms with Crippen molar-refractivity contribution < 1.29 is 0 Å². The van der Waals surface area contributed by atoms with E-state index in [9.17, 15) is 0 Å². The minimum atomic E-state index is 0.450. The molecule has 2 N–H and O–H groups in total. The number of fused-ring (bicyclic) bond motifs is 1. The Hall–Kier alpha value is -1.23. The average molecular weight is 152 g/mol. The third kappa shape index (κ3) is 0.640. The summed E-state index contributed by atoms with van der Waals surface area (Å²) in [4.78, 5) is 0.840. The van der Waals surface area contributed by atoms with Crippen LogP contribution in [0.25, 0.3) is 10.2 Å².